The van der Waals surface area contributed by atoms with E-state index in [1.165, 1.54) is 0 Å². The molecule has 4 rings (SSSR count). The number of aryl methyl sites for hydroxylation is 1. The Balaban J connectivity index is 1.52. The van der Waals surface area contributed by atoms with Crippen molar-refractivity contribution in [2.75, 3.05) is 19.6 Å². The van der Waals surface area contributed by atoms with Crippen molar-refractivity contribution in [2.45, 2.75) is 51.5 Å². The Labute approximate surface area is 148 Å². The fraction of sp³-hybridized carbons (Fsp3) is 0.600. The predicted molar refractivity (Wildman–Crippen MR) is 94.4 cm³/mol. The Morgan fingerprint density at radius 2 is 2.04 bits per heavy atom. The number of amides is 2. The van der Waals surface area contributed by atoms with Gasteiger partial charge in [-0.2, -0.15) is 0 Å². The van der Waals surface area contributed by atoms with E-state index in [1.807, 2.05) is 17.9 Å². The Hall–Kier alpha value is -2.04. The van der Waals surface area contributed by atoms with Crippen LogP contribution in [0.4, 0.5) is 0 Å². The molecule has 2 amide bonds. The smallest absolute Gasteiger partial charge is 0.257 e. The van der Waals surface area contributed by atoms with Crippen LogP contribution >= 0.6 is 0 Å². The molecule has 0 aromatic heterocycles. The van der Waals surface area contributed by atoms with Crippen LogP contribution < -0.4 is 0 Å². The summed E-state index contributed by atoms with van der Waals surface area (Å²) < 4.78 is 0. The summed E-state index contributed by atoms with van der Waals surface area (Å²) in [7, 11) is 0. The van der Waals surface area contributed by atoms with Crippen molar-refractivity contribution in [3.05, 3.63) is 29.3 Å². The Kier molecular flexibility index (Phi) is 3.97. The van der Waals surface area contributed by atoms with Gasteiger partial charge in [-0.1, -0.05) is 6.07 Å². The van der Waals surface area contributed by atoms with Gasteiger partial charge in [-0.25, -0.2) is 0 Å². The first-order valence-electron chi connectivity index (χ1n) is 9.36. The molecule has 1 atom stereocenters. The van der Waals surface area contributed by atoms with Gasteiger partial charge in [0, 0.05) is 37.5 Å². The van der Waals surface area contributed by atoms with Crippen LogP contribution in [-0.2, 0) is 4.79 Å². The van der Waals surface area contributed by atoms with Crippen LogP contribution in [0.3, 0.4) is 0 Å². The maximum atomic E-state index is 12.9. The number of benzene rings is 1. The van der Waals surface area contributed by atoms with E-state index in [1.54, 1.807) is 12.1 Å². The SMILES string of the molecule is Cc1ccc(C(=O)N2CCCC3(CCC(=O)N(C4CC4)C3)C2)c(O)c1. The van der Waals surface area contributed by atoms with E-state index in [-0.39, 0.29) is 23.0 Å². The van der Waals surface area contributed by atoms with Crippen LogP contribution in [0, 0.1) is 12.3 Å². The van der Waals surface area contributed by atoms with Gasteiger partial charge in [0.05, 0.1) is 5.56 Å². The third-order valence-corrected chi connectivity index (χ3v) is 6.02. The van der Waals surface area contributed by atoms with Crippen LogP contribution in [0.1, 0.15) is 54.4 Å². The van der Waals surface area contributed by atoms with Crippen LogP contribution in [-0.4, -0.2) is 52.4 Å². The first-order chi connectivity index (χ1) is 12.0. The van der Waals surface area contributed by atoms with E-state index >= 15 is 0 Å². The molecule has 1 aliphatic carbocycles. The highest BCUT2D eigenvalue weighted by Gasteiger charge is 2.46. The fourth-order valence-electron chi connectivity index (χ4n) is 4.47. The van der Waals surface area contributed by atoms with Gasteiger partial charge in [0.1, 0.15) is 5.75 Å². The van der Waals surface area contributed by atoms with Crippen molar-refractivity contribution in [3.8, 4) is 5.75 Å². The number of hydrogen-bond donors (Lipinski definition) is 1. The van der Waals surface area contributed by atoms with Gasteiger partial charge in [-0.05, 0) is 56.7 Å². The van der Waals surface area contributed by atoms with E-state index in [9.17, 15) is 14.7 Å². The summed E-state index contributed by atoms with van der Waals surface area (Å²) in [5.74, 6) is 0.252. The lowest BCUT2D eigenvalue weighted by Crippen LogP contribution is -2.55. The zero-order valence-electron chi connectivity index (χ0n) is 14.8. The lowest BCUT2D eigenvalue weighted by Gasteiger charge is -2.48. The number of nitrogens with zero attached hydrogens (tertiary/aromatic N) is 2. The number of carbonyl (C=O) groups excluding carboxylic acids is 2. The molecule has 2 saturated heterocycles. The van der Waals surface area contributed by atoms with Gasteiger partial charge in [0.25, 0.3) is 5.91 Å². The highest BCUT2D eigenvalue weighted by Crippen LogP contribution is 2.42. The summed E-state index contributed by atoms with van der Waals surface area (Å²) in [6, 6.07) is 5.66. The minimum atomic E-state index is -0.0913. The number of aromatic hydroxyl groups is 1. The molecule has 25 heavy (non-hydrogen) atoms. The average Bonchev–Trinajstić information content (AvgIpc) is 3.42. The highest BCUT2D eigenvalue weighted by atomic mass is 16.3. The number of hydrogen-bond acceptors (Lipinski definition) is 3. The monoisotopic (exact) mass is 342 g/mol. The topological polar surface area (TPSA) is 60.9 Å². The Morgan fingerprint density at radius 1 is 1.24 bits per heavy atom. The first kappa shape index (κ1) is 16.4. The molecule has 0 radical (unpaired) electrons. The van der Waals surface area contributed by atoms with Crippen molar-refractivity contribution in [2.24, 2.45) is 5.41 Å². The van der Waals surface area contributed by atoms with Crippen LogP contribution in [0.15, 0.2) is 18.2 Å². The normalized spacial score (nSPS) is 27.0. The van der Waals surface area contributed by atoms with Crippen LogP contribution in [0.2, 0.25) is 0 Å². The van der Waals surface area contributed by atoms with E-state index in [0.717, 1.165) is 50.8 Å². The summed E-state index contributed by atoms with van der Waals surface area (Å²) in [6.45, 7) is 4.11. The molecule has 2 aliphatic heterocycles. The van der Waals surface area contributed by atoms with E-state index in [2.05, 4.69) is 4.90 Å². The number of piperidine rings is 2. The second-order valence-electron chi connectivity index (χ2n) is 8.10. The van der Waals surface area contributed by atoms with Gasteiger partial charge in [-0.3, -0.25) is 9.59 Å². The maximum Gasteiger partial charge on any atom is 0.257 e. The molecule has 0 bridgehead atoms. The molecule has 1 N–H and O–H groups in total. The molecule has 1 aromatic rings. The lowest BCUT2D eigenvalue weighted by atomic mass is 9.73. The van der Waals surface area contributed by atoms with Gasteiger partial charge in [0.15, 0.2) is 0 Å². The van der Waals surface area contributed by atoms with Crippen LogP contribution in [0.25, 0.3) is 0 Å². The zero-order chi connectivity index (χ0) is 17.6. The predicted octanol–water partition coefficient (Wildman–Crippen LogP) is 2.71. The van der Waals surface area contributed by atoms with Gasteiger partial charge in [0.2, 0.25) is 5.91 Å². The number of rotatable bonds is 2. The molecular weight excluding hydrogens is 316 g/mol. The average molecular weight is 342 g/mol. The van der Waals surface area contributed by atoms with Gasteiger partial charge in [-0.15, -0.1) is 0 Å². The second kappa shape index (κ2) is 6.04. The number of carbonyl (C=O) groups is 2. The van der Waals surface area contributed by atoms with E-state index < -0.39 is 0 Å². The van der Waals surface area contributed by atoms with Crippen molar-refractivity contribution in [1.29, 1.82) is 0 Å². The number of phenolic OH excluding ortho intramolecular Hbond substituents is 1. The second-order valence-corrected chi connectivity index (χ2v) is 8.10. The quantitative estimate of drug-likeness (QED) is 0.899. The lowest BCUT2D eigenvalue weighted by molar-refractivity contribution is -0.139. The van der Waals surface area contributed by atoms with Crippen LogP contribution in [0.5, 0.6) is 5.75 Å². The van der Waals surface area contributed by atoms with E-state index in [0.29, 0.717) is 24.6 Å². The summed E-state index contributed by atoms with van der Waals surface area (Å²) in [4.78, 5) is 29.1. The fourth-order valence-corrected chi connectivity index (χ4v) is 4.47. The minimum absolute atomic E-state index is 0.0325. The first-order valence-corrected chi connectivity index (χ1v) is 9.36. The summed E-state index contributed by atoms with van der Waals surface area (Å²) in [6.07, 6.45) is 5.77. The molecule has 134 valence electrons. The third-order valence-electron chi connectivity index (χ3n) is 6.02. The molecule has 1 saturated carbocycles. The molecule has 1 spiro atoms. The van der Waals surface area contributed by atoms with Crippen molar-refractivity contribution >= 4 is 11.8 Å². The molecule has 3 fully saturated rings. The van der Waals surface area contributed by atoms with Crippen molar-refractivity contribution in [1.82, 2.24) is 9.80 Å². The molecular formula is C20H26N2O3. The van der Waals surface area contributed by atoms with Gasteiger partial charge >= 0.3 is 0 Å². The largest absolute Gasteiger partial charge is 0.507 e. The van der Waals surface area contributed by atoms with Crippen molar-refractivity contribution < 1.29 is 14.7 Å². The molecule has 2 heterocycles. The highest BCUT2D eigenvalue weighted by molar-refractivity contribution is 5.97. The number of likely N-dealkylation sites (tertiary alicyclic amines) is 2. The van der Waals surface area contributed by atoms with E-state index in [4.69, 9.17) is 0 Å². The number of phenols is 1. The Morgan fingerprint density at radius 3 is 2.76 bits per heavy atom. The summed E-state index contributed by atoms with van der Waals surface area (Å²) in [5.41, 5.74) is 1.36. The maximum absolute atomic E-state index is 12.9. The molecule has 1 aromatic carbocycles. The summed E-state index contributed by atoms with van der Waals surface area (Å²) in [5, 5.41) is 10.2. The zero-order valence-corrected chi connectivity index (χ0v) is 14.8. The minimum Gasteiger partial charge on any atom is -0.507 e. The standard InChI is InChI=1S/C20H26N2O3/c1-14-3-6-16(17(23)11-14)19(25)21-10-2-8-20(12-21)9-7-18(24)22(13-20)15-4-5-15/h3,6,11,15,23H,2,4-5,7-10,12-13H2,1H3. The summed E-state index contributed by atoms with van der Waals surface area (Å²) >= 11 is 0. The molecule has 5 heteroatoms. The molecule has 1 unspecified atom stereocenters. The van der Waals surface area contributed by atoms with Gasteiger partial charge < -0.3 is 14.9 Å². The molecule has 5 nitrogen and oxygen atoms in total. The Bertz CT molecular complexity index is 713. The van der Waals surface area contributed by atoms with Crippen molar-refractivity contribution in [3.63, 3.8) is 0 Å². The third kappa shape index (κ3) is 3.12. The molecule has 3 aliphatic rings.